The first-order chi connectivity index (χ1) is 13.3. The Labute approximate surface area is 173 Å². The summed E-state index contributed by atoms with van der Waals surface area (Å²) in [5, 5.41) is 0.581. The Hall–Kier alpha value is -2.28. The van der Waals surface area contributed by atoms with Crippen molar-refractivity contribution in [3.8, 4) is 5.75 Å². The zero-order valence-corrected chi connectivity index (χ0v) is 17.1. The number of nitrogens with zero attached hydrogens (tertiary/aromatic N) is 1. The number of halogens is 3. The maximum atomic E-state index is 14.5. The second-order valence-corrected chi connectivity index (χ2v) is 8.52. The minimum absolute atomic E-state index is 0.0141. The number of hydrogen-bond donors (Lipinski definition) is 0. The van der Waals surface area contributed by atoms with E-state index < -0.39 is 15.8 Å². The molecule has 8 heteroatoms. The van der Waals surface area contributed by atoms with Crippen LogP contribution in [0.25, 0.3) is 0 Å². The van der Waals surface area contributed by atoms with Gasteiger partial charge in [-0.1, -0.05) is 41.4 Å². The third-order valence-electron chi connectivity index (χ3n) is 4.13. The highest BCUT2D eigenvalue weighted by Crippen LogP contribution is 2.33. The van der Waals surface area contributed by atoms with Gasteiger partial charge in [-0.25, -0.2) is 12.8 Å². The van der Waals surface area contributed by atoms with Crippen LogP contribution in [0.3, 0.4) is 0 Å². The number of anilines is 1. The van der Waals surface area contributed by atoms with Crippen molar-refractivity contribution in [2.75, 3.05) is 11.4 Å². The predicted molar refractivity (Wildman–Crippen MR) is 109 cm³/mol. The van der Waals surface area contributed by atoms with E-state index >= 15 is 0 Å². The normalized spacial score (nSPS) is 11.3. The lowest BCUT2D eigenvalue weighted by molar-refractivity contribution is 0.414. The summed E-state index contributed by atoms with van der Waals surface area (Å²) in [6, 6.07) is 16.3. The van der Waals surface area contributed by atoms with Gasteiger partial charge < -0.3 is 4.74 Å². The number of ether oxygens (including phenoxy) is 1. The Balaban J connectivity index is 2.14. The highest BCUT2D eigenvalue weighted by atomic mass is 35.5. The average molecular weight is 440 g/mol. The quantitative estimate of drug-likeness (QED) is 0.506. The summed E-state index contributed by atoms with van der Waals surface area (Å²) in [6.45, 7) is -0.228. The third kappa shape index (κ3) is 4.09. The van der Waals surface area contributed by atoms with Crippen LogP contribution in [-0.4, -0.2) is 15.5 Å². The van der Waals surface area contributed by atoms with Crippen LogP contribution in [0.15, 0.2) is 71.6 Å². The molecule has 3 rings (SSSR count). The molecule has 0 spiro atoms. The van der Waals surface area contributed by atoms with E-state index in [1.807, 2.05) is 0 Å². The molecule has 0 atom stereocenters. The molecule has 0 N–H and O–H groups in total. The average Bonchev–Trinajstić information content (AvgIpc) is 2.68. The Morgan fingerprint density at radius 3 is 2.11 bits per heavy atom. The van der Waals surface area contributed by atoms with E-state index in [1.54, 1.807) is 24.3 Å². The van der Waals surface area contributed by atoms with Gasteiger partial charge in [-0.05, 0) is 48.5 Å². The largest absolute Gasteiger partial charge is 0.497 e. The van der Waals surface area contributed by atoms with Gasteiger partial charge in [0.05, 0.1) is 24.2 Å². The molecule has 0 amide bonds. The molecule has 0 bridgehead atoms. The smallest absolute Gasteiger partial charge is 0.264 e. The SMILES string of the molecule is COc1ccc(S(=O)(=O)N(Cc2c(Cl)cccc2Cl)c2ccccc2F)cc1. The fourth-order valence-electron chi connectivity index (χ4n) is 2.66. The summed E-state index contributed by atoms with van der Waals surface area (Å²) in [5.74, 6) is -0.173. The number of methoxy groups -OCH3 is 1. The van der Waals surface area contributed by atoms with Crippen LogP contribution in [0.2, 0.25) is 10.0 Å². The Kier molecular flexibility index (Phi) is 6.13. The Morgan fingerprint density at radius 1 is 0.929 bits per heavy atom. The number of rotatable bonds is 6. The van der Waals surface area contributed by atoms with Gasteiger partial charge in [0, 0.05) is 15.6 Å². The van der Waals surface area contributed by atoms with Gasteiger partial charge in [-0.3, -0.25) is 4.31 Å². The first kappa shape index (κ1) is 20.5. The number of hydrogen-bond acceptors (Lipinski definition) is 3. The summed E-state index contributed by atoms with van der Waals surface area (Å²) < 4.78 is 47.2. The van der Waals surface area contributed by atoms with Crippen molar-refractivity contribution in [1.82, 2.24) is 0 Å². The fourth-order valence-corrected chi connectivity index (χ4v) is 4.61. The second kappa shape index (κ2) is 8.39. The van der Waals surface area contributed by atoms with Crippen LogP contribution in [0.5, 0.6) is 5.75 Å². The van der Waals surface area contributed by atoms with E-state index in [2.05, 4.69) is 0 Å². The van der Waals surface area contributed by atoms with Gasteiger partial charge >= 0.3 is 0 Å². The minimum Gasteiger partial charge on any atom is -0.497 e. The van der Waals surface area contributed by atoms with Crippen molar-refractivity contribution in [2.24, 2.45) is 0 Å². The summed E-state index contributed by atoms with van der Waals surface area (Å²) in [5.41, 5.74) is 0.278. The van der Waals surface area contributed by atoms with Crippen LogP contribution >= 0.6 is 23.2 Å². The van der Waals surface area contributed by atoms with E-state index in [-0.39, 0.29) is 17.1 Å². The summed E-state index contributed by atoms with van der Waals surface area (Å²) in [6.07, 6.45) is 0. The molecule has 0 aromatic heterocycles. The van der Waals surface area contributed by atoms with Gasteiger partial charge in [0.15, 0.2) is 0 Å². The van der Waals surface area contributed by atoms with Crippen LogP contribution in [0.4, 0.5) is 10.1 Å². The Bertz CT molecular complexity index is 1070. The lowest BCUT2D eigenvalue weighted by Gasteiger charge is -2.26. The number of benzene rings is 3. The van der Waals surface area contributed by atoms with E-state index in [0.29, 0.717) is 21.4 Å². The van der Waals surface area contributed by atoms with Gasteiger partial charge in [0.2, 0.25) is 0 Å². The molecule has 28 heavy (non-hydrogen) atoms. The maximum Gasteiger partial charge on any atom is 0.264 e. The molecule has 0 unspecified atom stereocenters. The molecule has 0 aliphatic heterocycles. The van der Waals surface area contributed by atoms with Gasteiger partial charge in [-0.2, -0.15) is 0 Å². The molecule has 3 aromatic rings. The molecule has 0 aliphatic carbocycles. The Morgan fingerprint density at radius 2 is 1.54 bits per heavy atom. The second-order valence-electron chi connectivity index (χ2n) is 5.84. The van der Waals surface area contributed by atoms with Crippen molar-refractivity contribution in [2.45, 2.75) is 11.4 Å². The van der Waals surface area contributed by atoms with Crippen molar-refractivity contribution >= 4 is 38.9 Å². The predicted octanol–water partition coefficient (Wildman–Crippen LogP) is 5.54. The molecule has 0 radical (unpaired) electrons. The van der Waals surface area contributed by atoms with Crippen LogP contribution in [0.1, 0.15) is 5.56 Å². The highest BCUT2D eigenvalue weighted by molar-refractivity contribution is 7.92. The minimum atomic E-state index is -4.11. The summed E-state index contributed by atoms with van der Waals surface area (Å²) in [4.78, 5) is -0.0141. The zero-order valence-electron chi connectivity index (χ0n) is 14.8. The monoisotopic (exact) mass is 439 g/mol. The van der Waals surface area contributed by atoms with Gasteiger partial charge in [0.25, 0.3) is 10.0 Å². The highest BCUT2D eigenvalue weighted by Gasteiger charge is 2.28. The van der Waals surface area contributed by atoms with E-state index in [9.17, 15) is 12.8 Å². The first-order valence-electron chi connectivity index (χ1n) is 8.19. The third-order valence-corrected chi connectivity index (χ3v) is 6.61. The molecule has 0 saturated carbocycles. The number of sulfonamides is 1. The lowest BCUT2D eigenvalue weighted by atomic mass is 10.2. The first-order valence-corrected chi connectivity index (χ1v) is 10.4. The number of para-hydroxylation sites is 1. The van der Waals surface area contributed by atoms with Crippen molar-refractivity contribution in [3.63, 3.8) is 0 Å². The lowest BCUT2D eigenvalue weighted by Crippen LogP contribution is -2.31. The van der Waals surface area contributed by atoms with Gasteiger partial charge in [-0.15, -0.1) is 0 Å². The fraction of sp³-hybridized carbons (Fsp3) is 0.100. The molecule has 146 valence electrons. The van der Waals surface area contributed by atoms with E-state index in [1.165, 1.54) is 49.6 Å². The molecule has 0 heterocycles. The molecule has 0 saturated heterocycles. The summed E-state index contributed by atoms with van der Waals surface area (Å²) in [7, 11) is -2.63. The molecule has 0 aliphatic rings. The van der Waals surface area contributed by atoms with Crippen molar-refractivity contribution < 1.29 is 17.5 Å². The molecule has 0 fully saturated rings. The van der Waals surface area contributed by atoms with Gasteiger partial charge in [0.1, 0.15) is 11.6 Å². The molecular formula is C20H16Cl2FNO3S. The van der Waals surface area contributed by atoms with Crippen LogP contribution < -0.4 is 9.04 Å². The maximum absolute atomic E-state index is 14.5. The molecular weight excluding hydrogens is 424 g/mol. The standard InChI is InChI=1S/C20H16Cl2FNO3S/c1-27-14-9-11-15(12-10-14)28(25,26)24(20-8-3-2-7-19(20)23)13-16-17(21)5-4-6-18(16)22/h2-12H,13H2,1H3. The van der Waals surface area contributed by atoms with Crippen LogP contribution in [0, 0.1) is 5.82 Å². The molecule has 4 nitrogen and oxygen atoms in total. The topological polar surface area (TPSA) is 46.6 Å². The van der Waals surface area contributed by atoms with Crippen LogP contribution in [-0.2, 0) is 16.6 Å². The van der Waals surface area contributed by atoms with E-state index in [0.717, 1.165) is 4.31 Å². The van der Waals surface area contributed by atoms with Crippen molar-refractivity contribution in [1.29, 1.82) is 0 Å². The van der Waals surface area contributed by atoms with Crippen molar-refractivity contribution in [3.05, 3.63) is 88.2 Å². The zero-order chi connectivity index (χ0) is 20.3. The summed E-state index contributed by atoms with van der Waals surface area (Å²) >= 11 is 12.4. The molecule has 3 aromatic carbocycles. The van der Waals surface area contributed by atoms with E-state index in [4.69, 9.17) is 27.9 Å².